The summed E-state index contributed by atoms with van der Waals surface area (Å²) in [7, 11) is 0. The molecule has 11 heavy (non-hydrogen) atoms. The van der Waals surface area contributed by atoms with Crippen molar-refractivity contribution in [3.8, 4) is 0 Å². The number of pyridine rings is 1. The van der Waals surface area contributed by atoms with Crippen LogP contribution in [-0.2, 0) is 5.60 Å². The summed E-state index contributed by atoms with van der Waals surface area (Å²) >= 11 is 0. The molecular weight excluding hydrogens is 138 g/mol. The van der Waals surface area contributed by atoms with E-state index in [1.807, 2.05) is 35.2 Å². The largest absolute Gasteiger partial charge is 0.375 e. The maximum atomic E-state index is 9.74. The van der Waals surface area contributed by atoms with Crippen molar-refractivity contribution in [2.24, 2.45) is 0 Å². The molecule has 2 heteroatoms. The first kappa shape index (κ1) is 6.55. The van der Waals surface area contributed by atoms with Crippen LogP contribution in [0.3, 0.4) is 0 Å². The molecule has 1 aromatic rings. The Balaban J connectivity index is 2.64. The average Bonchev–Trinajstić information content (AvgIpc) is 2.29. The van der Waals surface area contributed by atoms with Crippen LogP contribution in [0, 0.1) is 0 Å². The molecule has 0 saturated heterocycles. The Morgan fingerprint density at radius 1 is 1.45 bits per heavy atom. The Labute approximate surface area is 65.4 Å². The lowest BCUT2D eigenvalue weighted by atomic mass is 10.0. The molecule has 0 saturated carbocycles. The minimum absolute atomic E-state index is 0.790. The van der Waals surface area contributed by atoms with E-state index in [2.05, 4.69) is 0 Å². The van der Waals surface area contributed by atoms with E-state index in [1.54, 1.807) is 13.0 Å². The van der Waals surface area contributed by atoms with Crippen molar-refractivity contribution in [2.45, 2.75) is 12.5 Å². The predicted octanol–water partition coefficient (Wildman–Crippen LogP) is 0.666. The quantitative estimate of drug-likeness (QED) is 0.537. The highest BCUT2D eigenvalue weighted by Gasteiger charge is 2.34. The van der Waals surface area contributed by atoms with Gasteiger partial charge in [-0.3, -0.25) is 0 Å². The molecule has 2 heterocycles. The van der Waals surface area contributed by atoms with Crippen molar-refractivity contribution in [2.75, 3.05) is 0 Å². The van der Waals surface area contributed by atoms with Gasteiger partial charge in [0.15, 0.2) is 18.0 Å². The van der Waals surface area contributed by atoms with E-state index < -0.39 is 5.60 Å². The molecule has 1 aromatic heterocycles. The molecule has 0 spiro atoms. The molecule has 1 unspecified atom stereocenters. The first-order valence-corrected chi connectivity index (χ1v) is 3.62. The summed E-state index contributed by atoms with van der Waals surface area (Å²) in [5.41, 5.74) is 0.126. The molecule has 2 rings (SSSR count). The fraction of sp³-hybridized carbons (Fsp3) is 0.222. The van der Waals surface area contributed by atoms with Crippen LogP contribution in [-0.4, -0.2) is 5.11 Å². The zero-order valence-corrected chi connectivity index (χ0v) is 6.36. The van der Waals surface area contributed by atoms with Gasteiger partial charge in [0.25, 0.3) is 0 Å². The van der Waals surface area contributed by atoms with Gasteiger partial charge < -0.3 is 5.11 Å². The lowest BCUT2D eigenvalue weighted by molar-refractivity contribution is -0.577. The van der Waals surface area contributed by atoms with Gasteiger partial charge in [-0.2, -0.15) is 4.57 Å². The Morgan fingerprint density at radius 2 is 2.27 bits per heavy atom. The zero-order valence-electron chi connectivity index (χ0n) is 6.36. The molecule has 0 bridgehead atoms. The average molecular weight is 148 g/mol. The third kappa shape index (κ3) is 0.870. The molecular formula is C9H10NO+. The summed E-state index contributed by atoms with van der Waals surface area (Å²) in [6.07, 6.45) is 5.57. The maximum absolute atomic E-state index is 9.74. The summed E-state index contributed by atoms with van der Waals surface area (Å²) < 4.78 is 1.92. The second kappa shape index (κ2) is 1.92. The number of hydrogen-bond acceptors (Lipinski definition) is 1. The second-order valence-corrected chi connectivity index (χ2v) is 2.96. The number of hydrogen-bond donors (Lipinski definition) is 1. The molecule has 1 atom stereocenters. The first-order chi connectivity index (χ1) is 5.20. The minimum Gasteiger partial charge on any atom is -0.375 e. The molecule has 2 nitrogen and oxygen atoms in total. The van der Waals surface area contributed by atoms with Crippen molar-refractivity contribution in [1.29, 1.82) is 0 Å². The van der Waals surface area contributed by atoms with E-state index in [0.29, 0.717) is 0 Å². The number of fused-ring (bicyclic) bond motifs is 1. The van der Waals surface area contributed by atoms with Gasteiger partial charge in [-0.25, -0.2) is 0 Å². The fourth-order valence-corrected chi connectivity index (χ4v) is 1.33. The molecule has 1 aliphatic heterocycles. The summed E-state index contributed by atoms with van der Waals surface area (Å²) in [6, 6.07) is 5.78. The zero-order chi connectivity index (χ0) is 7.90. The summed E-state index contributed by atoms with van der Waals surface area (Å²) in [5.74, 6) is 0. The number of rotatable bonds is 0. The first-order valence-electron chi connectivity index (χ1n) is 3.62. The van der Waals surface area contributed by atoms with Gasteiger partial charge in [-0.15, -0.1) is 0 Å². The number of nitrogens with zero attached hydrogens (tertiary/aromatic N) is 1. The Hall–Kier alpha value is -1.15. The van der Waals surface area contributed by atoms with Crippen LogP contribution in [0.5, 0.6) is 0 Å². The van der Waals surface area contributed by atoms with Gasteiger partial charge in [0.2, 0.25) is 5.69 Å². The molecule has 56 valence electrons. The Bertz CT molecular complexity index is 315. The van der Waals surface area contributed by atoms with Gasteiger partial charge in [0.05, 0.1) is 0 Å². The monoisotopic (exact) mass is 148 g/mol. The van der Waals surface area contributed by atoms with E-state index in [1.165, 1.54) is 0 Å². The standard InChI is InChI=1S/C9H10NO/c1-9(11)5-7-10-6-3-2-4-8(9)10/h2-7,11H,1H3/q+1. The van der Waals surface area contributed by atoms with Crippen LogP contribution < -0.4 is 4.57 Å². The van der Waals surface area contributed by atoms with E-state index >= 15 is 0 Å². The molecule has 0 aromatic carbocycles. The highest BCUT2D eigenvalue weighted by atomic mass is 16.3. The molecule has 0 fully saturated rings. The third-order valence-corrected chi connectivity index (χ3v) is 1.97. The van der Waals surface area contributed by atoms with Crippen LogP contribution >= 0.6 is 0 Å². The van der Waals surface area contributed by atoms with Gasteiger partial charge >= 0.3 is 0 Å². The van der Waals surface area contributed by atoms with Crippen LogP contribution in [0.4, 0.5) is 0 Å². The van der Waals surface area contributed by atoms with E-state index in [4.69, 9.17) is 0 Å². The van der Waals surface area contributed by atoms with E-state index in [0.717, 1.165) is 5.69 Å². The van der Waals surface area contributed by atoms with E-state index in [-0.39, 0.29) is 0 Å². The molecule has 1 aliphatic rings. The smallest absolute Gasteiger partial charge is 0.222 e. The van der Waals surface area contributed by atoms with Gasteiger partial charge in [-0.1, -0.05) is 0 Å². The normalized spacial score (nSPS) is 27.1. The highest BCUT2D eigenvalue weighted by Crippen LogP contribution is 2.22. The topological polar surface area (TPSA) is 24.1 Å². The molecule has 0 aliphatic carbocycles. The second-order valence-electron chi connectivity index (χ2n) is 2.96. The summed E-state index contributed by atoms with van der Waals surface area (Å²) in [6.45, 7) is 1.78. The van der Waals surface area contributed by atoms with Crippen molar-refractivity contribution in [3.05, 3.63) is 36.2 Å². The Morgan fingerprint density at radius 3 is 3.00 bits per heavy atom. The van der Waals surface area contributed by atoms with Crippen LogP contribution in [0.1, 0.15) is 12.6 Å². The van der Waals surface area contributed by atoms with Crippen LogP contribution in [0.15, 0.2) is 30.5 Å². The number of aliphatic hydroxyl groups is 1. The molecule has 0 radical (unpaired) electrons. The van der Waals surface area contributed by atoms with Gasteiger partial charge in [0.1, 0.15) is 0 Å². The third-order valence-electron chi connectivity index (χ3n) is 1.97. The van der Waals surface area contributed by atoms with Crippen molar-refractivity contribution >= 4 is 6.20 Å². The lowest BCUT2D eigenvalue weighted by Gasteiger charge is -2.08. The van der Waals surface area contributed by atoms with Crippen LogP contribution in [0.25, 0.3) is 6.20 Å². The molecule has 1 N–H and O–H groups in total. The minimum atomic E-state index is -0.790. The lowest BCUT2D eigenvalue weighted by Crippen LogP contribution is -2.33. The molecule has 0 amide bonds. The summed E-state index contributed by atoms with van der Waals surface area (Å²) in [5, 5.41) is 9.74. The fourth-order valence-electron chi connectivity index (χ4n) is 1.33. The Kier molecular flexibility index (Phi) is 1.14. The van der Waals surface area contributed by atoms with Crippen LogP contribution in [0.2, 0.25) is 0 Å². The highest BCUT2D eigenvalue weighted by molar-refractivity contribution is 5.28. The summed E-state index contributed by atoms with van der Waals surface area (Å²) in [4.78, 5) is 0. The van der Waals surface area contributed by atoms with Gasteiger partial charge in [0, 0.05) is 18.2 Å². The van der Waals surface area contributed by atoms with E-state index in [9.17, 15) is 5.11 Å². The van der Waals surface area contributed by atoms with Crippen molar-refractivity contribution in [3.63, 3.8) is 0 Å². The van der Waals surface area contributed by atoms with Crippen molar-refractivity contribution in [1.82, 2.24) is 0 Å². The number of aromatic nitrogens is 1. The maximum Gasteiger partial charge on any atom is 0.222 e. The van der Waals surface area contributed by atoms with Crippen molar-refractivity contribution < 1.29 is 9.67 Å². The predicted molar refractivity (Wildman–Crippen MR) is 41.5 cm³/mol. The van der Waals surface area contributed by atoms with Gasteiger partial charge in [-0.05, 0) is 13.0 Å². The SMILES string of the molecule is CC1(O)C=C[n+]2ccccc21.